The van der Waals surface area contributed by atoms with Crippen molar-refractivity contribution in [2.24, 2.45) is 11.6 Å². The van der Waals surface area contributed by atoms with E-state index in [1.807, 2.05) is 13.8 Å². The molecule has 1 fully saturated rings. The van der Waals surface area contributed by atoms with Gasteiger partial charge in [-0.2, -0.15) is 13.2 Å². The van der Waals surface area contributed by atoms with Crippen LogP contribution in [0.15, 0.2) is 55.0 Å². The molecule has 3 aromatic rings. The van der Waals surface area contributed by atoms with Crippen molar-refractivity contribution < 1.29 is 22.7 Å². The predicted molar refractivity (Wildman–Crippen MR) is 154 cm³/mol. The monoisotopic (exact) mass is 568 g/mol. The normalized spacial score (nSPS) is 14.3. The molecule has 8 nitrogen and oxygen atoms in total. The van der Waals surface area contributed by atoms with Gasteiger partial charge < -0.3 is 15.8 Å². The fraction of sp³-hybridized carbons (Fsp3) is 0.333. The highest BCUT2D eigenvalue weighted by Gasteiger charge is 2.34. The van der Waals surface area contributed by atoms with Gasteiger partial charge in [-0.25, -0.2) is 5.84 Å². The van der Waals surface area contributed by atoms with Gasteiger partial charge in [0, 0.05) is 35.8 Å². The number of likely N-dealkylation sites (tertiary alicyclic amines) is 1. The maximum absolute atomic E-state index is 13.9. The number of aromatic nitrogens is 1. The number of nitrogens with one attached hydrogen (secondary N) is 1. The summed E-state index contributed by atoms with van der Waals surface area (Å²) in [6.07, 6.45) is 2.14. The van der Waals surface area contributed by atoms with E-state index in [0.717, 1.165) is 37.6 Å². The molecule has 2 aromatic carbocycles. The Morgan fingerprint density at radius 1 is 1.12 bits per heavy atom. The lowest BCUT2D eigenvalue weighted by atomic mass is 9.99. The van der Waals surface area contributed by atoms with Gasteiger partial charge in [-0.15, -0.1) is 0 Å². The largest absolute Gasteiger partial charge is 0.492 e. The van der Waals surface area contributed by atoms with E-state index < -0.39 is 17.6 Å². The van der Waals surface area contributed by atoms with Crippen LogP contribution in [0, 0.1) is 13.8 Å². The highest BCUT2D eigenvalue weighted by Crippen LogP contribution is 2.36. The summed E-state index contributed by atoms with van der Waals surface area (Å²) in [5.74, 6) is 6.30. The minimum atomic E-state index is -4.55. The standard InChI is InChI=1S/C30H35F3N6O2/c1-4-41-25-12-22(15-36-16-25)27(34)18-39(35)28-13-21(8-7-19(28)2)29(40)37-24-11-23(17-38-9-5-6-10-38)20(3)26(14-24)30(31,32)33/h7-8,11-16,18H,4-6,9-10,17,34-35H2,1-3H3,(H,37,40)/b27-18-. The third-order valence-electron chi connectivity index (χ3n) is 7.06. The lowest BCUT2D eigenvalue weighted by Crippen LogP contribution is -2.27. The van der Waals surface area contributed by atoms with Crippen LogP contribution in [0.25, 0.3) is 5.70 Å². The van der Waals surface area contributed by atoms with E-state index in [9.17, 15) is 18.0 Å². The summed E-state index contributed by atoms with van der Waals surface area (Å²) in [4.78, 5) is 19.5. The van der Waals surface area contributed by atoms with Crippen molar-refractivity contribution in [1.82, 2.24) is 9.88 Å². The molecule has 0 saturated carbocycles. The quantitative estimate of drug-likeness (QED) is 0.228. The van der Waals surface area contributed by atoms with Crippen molar-refractivity contribution in [3.8, 4) is 5.75 Å². The Balaban J connectivity index is 1.58. The summed E-state index contributed by atoms with van der Waals surface area (Å²) in [6, 6.07) is 9.21. The van der Waals surface area contributed by atoms with E-state index in [1.165, 1.54) is 18.1 Å². The third kappa shape index (κ3) is 7.36. The van der Waals surface area contributed by atoms with Crippen LogP contribution in [0.1, 0.15) is 57.9 Å². The van der Waals surface area contributed by atoms with Gasteiger partial charge in [0.25, 0.3) is 5.91 Å². The number of nitrogens with two attached hydrogens (primary N) is 2. The predicted octanol–water partition coefficient (Wildman–Crippen LogP) is 5.60. The maximum Gasteiger partial charge on any atom is 0.416 e. The number of aryl methyl sites for hydroxylation is 1. The first-order valence-corrected chi connectivity index (χ1v) is 13.4. The molecule has 1 amide bonds. The van der Waals surface area contributed by atoms with Crippen molar-refractivity contribution in [2.75, 3.05) is 30.0 Å². The molecule has 5 N–H and O–H groups in total. The number of hydrogen-bond donors (Lipinski definition) is 3. The van der Waals surface area contributed by atoms with Gasteiger partial charge in [0.2, 0.25) is 0 Å². The molecular formula is C30H35F3N6O2. The Morgan fingerprint density at radius 3 is 2.54 bits per heavy atom. The number of rotatable bonds is 9. The second-order valence-corrected chi connectivity index (χ2v) is 10.1. The minimum absolute atomic E-state index is 0.0830. The number of pyridine rings is 1. The van der Waals surface area contributed by atoms with Crippen LogP contribution in [0.2, 0.25) is 0 Å². The van der Waals surface area contributed by atoms with Crippen molar-refractivity contribution in [3.63, 3.8) is 0 Å². The maximum atomic E-state index is 13.9. The van der Waals surface area contributed by atoms with Crippen molar-refractivity contribution in [3.05, 3.63) is 88.4 Å². The molecule has 1 aromatic heterocycles. The molecule has 0 radical (unpaired) electrons. The van der Waals surface area contributed by atoms with Gasteiger partial charge in [-0.1, -0.05) is 6.07 Å². The van der Waals surface area contributed by atoms with Crippen molar-refractivity contribution in [2.45, 2.75) is 46.3 Å². The fourth-order valence-electron chi connectivity index (χ4n) is 4.84. The van der Waals surface area contributed by atoms with E-state index in [2.05, 4.69) is 15.2 Å². The number of anilines is 2. The second kappa shape index (κ2) is 12.6. The number of hydrogen-bond acceptors (Lipinski definition) is 7. The van der Waals surface area contributed by atoms with Gasteiger partial charge >= 0.3 is 6.18 Å². The Morgan fingerprint density at radius 2 is 1.85 bits per heavy atom. The molecule has 1 saturated heterocycles. The molecule has 0 atom stereocenters. The van der Waals surface area contributed by atoms with Gasteiger partial charge in [0.15, 0.2) is 0 Å². The molecule has 11 heteroatoms. The molecule has 0 unspecified atom stereocenters. The lowest BCUT2D eigenvalue weighted by Gasteiger charge is -2.21. The number of hydrazine groups is 1. The Hall–Kier alpha value is -4.09. The molecule has 2 heterocycles. The number of halogens is 3. The Bertz CT molecular complexity index is 1430. The number of amides is 1. The molecule has 0 aliphatic carbocycles. The van der Waals surface area contributed by atoms with Crippen LogP contribution < -0.4 is 26.6 Å². The number of carbonyl (C=O) groups excluding carboxylic acids is 1. The number of carbonyl (C=O) groups is 1. The highest BCUT2D eigenvalue weighted by molar-refractivity contribution is 6.05. The SMILES string of the molecule is CCOc1cncc(/C(N)=C/N(N)c2cc(C(=O)Nc3cc(CN4CCCC4)c(C)c(C(F)(F)F)c3)ccc2C)c1. The first-order valence-electron chi connectivity index (χ1n) is 13.4. The van der Waals surface area contributed by atoms with E-state index in [-0.39, 0.29) is 16.8 Å². The van der Waals surface area contributed by atoms with E-state index in [1.54, 1.807) is 42.7 Å². The first kappa shape index (κ1) is 29.9. The second-order valence-electron chi connectivity index (χ2n) is 10.1. The van der Waals surface area contributed by atoms with Gasteiger partial charge in [0.1, 0.15) is 5.75 Å². The topological polar surface area (TPSA) is 110 Å². The van der Waals surface area contributed by atoms with Crippen molar-refractivity contribution >= 4 is 23.0 Å². The average molecular weight is 569 g/mol. The molecule has 41 heavy (non-hydrogen) atoms. The van der Waals surface area contributed by atoms with Gasteiger partial charge in [-0.05, 0) is 93.7 Å². The third-order valence-corrected chi connectivity index (χ3v) is 7.06. The van der Waals surface area contributed by atoms with Crippen LogP contribution in [0.4, 0.5) is 24.5 Å². The molecule has 0 spiro atoms. The van der Waals surface area contributed by atoms with Crippen LogP contribution in [0.3, 0.4) is 0 Å². The van der Waals surface area contributed by atoms with Crippen LogP contribution in [-0.4, -0.2) is 35.5 Å². The number of benzene rings is 2. The lowest BCUT2D eigenvalue weighted by molar-refractivity contribution is -0.138. The molecule has 1 aliphatic heterocycles. The smallest absolute Gasteiger partial charge is 0.416 e. The van der Waals surface area contributed by atoms with Gasteiger partial charge in [0.05, 0.1) is 29.8 Å². The van der Waals surface area contributed by atoms with Crippen LogP contribution in [0.5, 0.6) is 5.75 Å². The zero-order valence-corrected chi connectivity index (χ0v) is 23.4. The molecule has 1 aliphatic rings. The zero-order valence-electron chi connectivity index (χ0n) is 23.4. The average Bonchev–Trinajstić information content (AvgIpc) is 3.43. The summed E-state index contributed by atoms with van der Waals surface area (Å²) in [5, 5.41) is 3.94. The Labute approximate surface area is 237 Å². The zero-order chi connectivity index (χ0) is 29.7. The summed E-state index contributed by atoms with van der Waals surface area (Å²) in [6.45, 7) is 7.71. The van der Waals surface area contributed by atoms with Crippen LogP contribution >= 0.6 is 0 Å². The number of nitrogens with zero attached hydrogens (tertiary/aromatic N) is 3. The van der Waals surface area contributed by atoms with Gasteiger partial charge in [-0.3, -0.25) is 19.7 Å². The van der Waals surface area contributed by atoms with E-state index in [4.69, 9.17) is 16.3 Å². The molecule has 218 valence electrons. The van der Waals surface area contributed by atoms with E-state index >= 15 is 0 Å². The molecule has 4 rings (SSSR count). The molecular weight excluding hydrogens is 533 g/mol. The van der Waals surface area contributed by atoms with Crippen molar-refractivity contribution in [1.29, 1.82) is 0 Å². The summed E-state index contributed by atoms with van der Waals surface area (Å²) >= 11 is 0. The number of ether oxygens (including phenoxy) is 1. The summed E-state index contributed by atoms with van der Waals surface area (Å²) < 4.78 is 47.1. The minimum Gasteiger partial charge on any atom is -0.492 e. The molecule has 0 bridgehead atoms. The first-order chi connectivity index (χ1) is 19.5. The van der Waals surface area contributed by atoms with E-state index in [0.29, 0.717) is 41.4 Å². The summed E-state index contributed by atoms with van der Waals surface area (Å²) in [5.41, 5.74) is 8.68. The fourth-order valence-corrected chi connectivity index (χ4v) is 4.84. The van der Waals surface area contributed by atoms with Crippen LogP contribution in [-0.2, 0) is 12.7 Å². The number of alkyl halides is 3. The highest BCUT2D eigenvalue weighted by atomic mass is 19.4. The summed E-state index contributed by atoms with van der Waals surface area (Å²) in [7, 11) is 0. The Kier molecular flexibility index (Phi) is 9.19.